The van der Waals surface area contributed by atoms with Crippen molar-refractivity contribution in [3.63, 3.8) is 0 Å². The fourth-order valence-electron chi connectivity index (χ4n) is 8.04. The van der Waals surface area contributed by atoms with E-state index in [0.29, 0.717) is 0 Å². The van der Waals surface area contributed by atoms with Crippen molar-refractivity contribution in [1.82, 2.24) is 0 Å². The number of hydrogen-bond acceptors (Lipinski definition) is 2. The van der Waals surface area contributed by atoms with E-state index in [9.17, 15) is 0 Å². The Morgan fingerprint density at radius 3 is 1.56 bits per heavy atom. The highest BCUT2D eigenvalue weighted by Gasteiger charge is 2.53. The van der Waals surface area contributed by atoms with Gasteiger partial charge in [-0.05, 0) is 86.0 Å². The lowest BCUT2D eigenvalue weighted by atomic mass is 9.55. The molecule has 6 aromatic carbocycles. The molecule has 0 fully saturated rings. The molecule has 6 aromatic rings. The van der Waals surface area contributed by atoms with Crippen molar-refractivity contribution in [1.29, 1.82) is 0 Å². The van der Waals surface area contributed by atoms with E-state index in [0.717, 1.165) is 11.4 Å². The molecule has 0 saturated carbocycles. The van der Waals surface area contributed by atoms with Gasteiger partial charge in [0.05, 0.1) is 0 Å². The molecule has 8 rings (SSSR count). The average Bonchev–Trinajstić information content (AvgIpc) is 3.69. The molecule has 2 aliphatic carbocycles. The van der Waals surface area contributed by atoms with Crippen molar-refractivity contribution >= 4 is 17.5 Å². The van der Waals surface area contributed by atoms with E-state index < -0.39 is 5.41 Å². The number of hydrogen-bond donors (Lipinski definition) is 2. The maximum absolute atomic E-state index is 3.44. The van der Waals surface area contributed by atoms with Gasteiger partial charge >= 0.3 is 0 Å². The third-order valence-electron chi connectivity index (χ3n) is 10.0. The molecule has 2 N–H and O–H groups in total. The summed E-state index contributed by atoms with van der Waals surface area (Å²) in [6, 6.07) is 54.1. The van der Waals surface area contributed by atoms with E-state index in [1.165, 1.54) is 55.6 Å². The van der Waals surface area contributed by atoms with Crippen LogP contribution in [0.2, 0.25) is 0 Å². The first-order chi connectivity index (χ1) is 22.2. The van der Waals surface area contributed by atoms with E-state index in [4.69, 9.17) is 0 Å². The van der Waals surface area contributed by atoms with Crippen molar-refractivity contribution < 1.29 is 0 Å². The number of allylic oxidation sites excluding steroid dienone is 1. The Balaban J connectivity index is 1.48. The zero-order valence-electron chi connectivity index (χ0n) is 25.7. The second-order valence-electron chi connectivity index (χ2n) is 12.2. The van der Waals surface area contributed by atoms with Gasteiger partial charge in [0.1, 0.15) is 0 Å². The van der Waals surface area contributed by atoms with E-state index in [1.807, 2.05) is 14.1 Å². The Morgan fingerprint density at radius 1 is 0.489 bits per heavy atom. The number of anilines is 2. The smallest absolute Gasteiger partial charge is 0.0415 e. The Morgan fingerprint density at radius 2 is 1.02 bits per heavy atom. The first-order valence-corrected chi connectivity index (χ1v) is 15.8. The molecular weight excluding hydrogens is 544 g/mol. The average molecular weight is 581 g/mol. The normalized spacial score (nSPS) is 14.9. The van der Waals surface area contributed by atoms with Crippen LogP contribution in [0.4, 0.5) is 11.4 Å². The van der Waals surface area contributed by atoms with E-state index in [-0.39, 0.29) is 11.8 Å². The van der Waals surface area contributed by atoms with E-state index >= 15 is 0 Å². The van der Waals surface area contributed by atoms with Crippen molar-refractivity contribution in [2.75, 3.05) is 24.7 Å². The van der Waals surface area contributed by atoms with Crippen LogP contribution in [0.15, 0.2) is 152 Å². The molecule has 0 saturated heterocycles. The zero-order chi connectivity index (χ0) is 30.4. The van der Waals surface area contributed by atoms with Crippen LogP contribution in [0.5, 0.6) is 0 Å². The third kappa shape index (κ3) is 4.24. The lowest BCUT2D eigenvalue weighted by molar-refractivity contribution is 0.417. The van der Waals surface area contributed by atoms with Gasteiger partial charge in [-0.1, -0.05) is 127 Å². The van der Waals surface area contributed by atoms with Gasteiger partial charge in [-0.25, -0.2) is 0 Å². The first-order valence-electron chi connectivity index (χ1n) is 15.8. The summed E-state index contributed by atoms with van der Waals surface area (Å²) in [4.78, 5) is 0. The minimum absolute atomic E-state index is 0.0508. The molecule has 2 aliphatic rings. The van der Waals surface area contributed by atoms with Gasteiger partial charge in [-0.3, -0.25) is 0 Å². The molecule has 0 spiro atoms. The van der Waals surface area contributed by atoms with Gasteiger partial charge < -0.3 is 10.6 Å². The Bertz CT molecular complexity index is 1930. The fraction of sp³-hybridized carbons (Fsp3) is 0.116. The maximum atomic E-state index is 3.44. The van der Waals surface area contributed by atoms with Crippen LogP contribution in [0, 0.1) is 0 Å². The van der Waals surface area contributed by atoms with Crippen LogP contribution in [-0.4, -0.2) is 14.1 Å². The predicted octanol–water partition coefficient (Wildman–Crippen LogP) is 10.3. The molecule has 218 valence electrons. The standard InChI is InChI=1S/C43H36N2/c1-44-34-21-23-36-37-24-22-35(45-2)28-40(37)42(39(36)27-34)43(32-14-8-4-9-15-32,33-16-10-5-11-17-33)41-25-20-30-18-19-31(26-38(30)41)29-12-6-3-7-13-29/h3-28,41-42,44-45H,1-2H3. The SMILES string of the molecule is CNc1ccc2c(c1)C(C(c1ccccc1)(c1ccccc1)C1C=Cc3ccc(-c4ccccc4)cc31)c1cc(NC)ccc1-2. The molecule has 45 heavy (non-hydrogen) atoms. The van der Waals surface area contributed by atoms with Crippen LogP contribution in [0.1, 0.15) is 45.2 Å². The lowest BCUT2D eigenvalue weighted by Crippen LogP contribution is -2.40. The summed E-state index contributed by atoms with van der Waals surface area (Å²) in [7, 11) is 4.03. The molecule has 0 radical (unpaired) electrons. The summed E-state index contributed by atoms with van der Waals surface area (Å²) in [6.07, 6.45) is 4.82. The summed E-state index contributed by atoms with van der Waals surface area (Å²) in [6.45, 7) is 0. The zero-order valence-corrected chi connectivity index (χ0v) is 25.7. The molecule has 1 unspecified atom stereocenters. The van der Waals surface area contributed by atoms with Crippen LogP contribution < -0.4 is 10.6 Å². The van der Waals surface area contributed by atoms with E-state index in [1.54, 1.807) is 0 Å². The summed E-state index contributed by atoms with van der Waals surface area (Å²) in [5, 5.41) is 6.88. The van der Waals surface area contributed by atoms with Gasteiger partial charge in [0, 0.05) is 42.7 Å². The minimum Gasteiger partial charge on any atom is -0.388 e. The number of benzene rings is 6. The highest BCUT2D eigenvalue weighted by atomic mass is 14.8. The van der Waals surface area contributed by atoms with Gasteiger partial charge in [0.2, 0.25) is 0 Å². The van der Waals surface area contributed by atoms with Crippen molar-refractivity contribution in [3.05, 3.63) is 185 Å². The van der Waals surface area contributed by atoms with Crippen LogP contribution in [0.3, 0.4) is 0 Å². The highest BCUT2D eigenvalue weighted by Crippen LogP contribution is 2.63. The molecule has 0 amide bonds. The molecule has 0 aliphatic heterocycles. The summed E-state index contributed by atoms with van der Waals surface area (Å²) in [5.41, 5.74) is 14.9. The first kappa shape index (κ1) is 27.2. The quantitative estimate of drug-likeness (QED) is 0.196. The Labute approximate surface area is 266 Å². The second kappa shape index (κ2) is 11.0. The predicted molar refractivity (Wildman–Crippen MR) is 190 cm³/mol. The third-order valence-corrected chi connectivity index (χ3v) is 10.0. The minimum atomic E-state index is -0.446. The summed E-state index contributed by atoms with van der Waals surface area (Å²) < 4.78 is 0. The van der Waals surface area contributed by atoms with Crippen LogP contribution >= 0.6 is 0 Å². The topological polar surface area (TPSA) is 24.1 Å². The molecular formula is C43H36N2. The molecule has 0 bridgehead atoms. The Kier molecular flexibility index (Phi) is 6.64. The van der Waals surface area contributed by atoms with Crippen molar-refractivity contribution in [3.8, 4) is 22.3 Å². The fourth-order valence-corrected chi connectivity index (χ4v) is 8.04. The number of rotatable bonds is 7. The molecule has 2 nitrogen and oxygen atoms in total. The molecule has 0 aromatic heterocycles. The van der Waals surface area contributed by atoms with Crippen molar-refractivity contribution in [2.45, 2.75) is 17.3 Å². The van der Waals surface area contributed by atoms with E-state index in [2.05, 4.69) is 168 Å². The molecule has 2 heteroatoms. The number of nitrogens with one attached hydrogen (secondary N) is 2. The monoisotopic (exact) mass is 580 g/mol. The van der Waals surface area contributed by atoms with Crippen LogP contribution in [0.25, 0.3) is 28.3 Å². The van der Waals surface area contributed by atoms with Gasteiger partial charge in [-0.15, -0.1) is 0 Å². The van der Waals surface area contributed by atoms with Crippen molar-refractivity contribution in [2.24, 2.45) is 0 Å². The maximum Gasteiger partial charge on any atom is 0.0415 e. The lowest BCUT2D eigenvalue weighted by Gasteiger charge is -2.46. The largest absolute Gasteiger partial charge is 0.388 e. The number of fused-ring (bicyclic) bond motifs is 4. The molecule has 1 atom stereocenters. The summed E-state index contributed by atoms with van der Waals surface area (Å²) in [5.74, 6) is 0.135. The second-order valence-corrected chi connectivity index (χ2v) is 12.2. The molecule has 0 heterocycles. The van der Waals surface area contributed by atoms with Gasteiger partial charge in [0.15, 0.2) is 0 Å². The Hall–Kier alpha value is -5.34. The van der Waals surface area contributed by atoms with Crippen LogP contribution in [-0.2, 0) is 5.41 Å². The van der Waals surface area contributed by atoms with Gasteiger partial charge in [0.25, 0.3) is 0 Å². The highest BCUT2D eigenvalue weighted by molar-refractivity contribution is 5.85. The summed E-state index contributed by atoms with van der Waals surface area (Å²) >= 11 is 0. The van der Waals surface area contributed by atoms with Gasteiger partial charge in [-0.2, -0.15) is 0 Å².